The Kier molecular flexibility index (Phi) is 3.96. The van der Waals surface area contributed by atoms with Gasteiger partial charge >= 0.3 is 0 Å². The van der Waals surface area contributed by atoms with E-state index in [9.17, 15) is 0 Å². The lowest BCUT2D eigenvalue weighted by Gasteiger charge is -2.27. The molecular weight excluding hydrogens is 302 g/mol. The van der Waals surface area contributed by atoms with Crippen LogP contribution in [0.1, 0.15) is 12.0 Å². The van der Waals surface area contributed by atoms with Crippen LogP contribution in [0.5, 0.6) is 0 Å². The molecule has 0 fully saturated rings. The van der Waals surface area contributed by atoms with Crippen molar-refractivity contribution < 1.29 is 5.11 Å². The fourth-order valence-corrected chi connectivity index (χ4v) is 3.17. The van der Waals surface area contributed by atoms with Gasteiger partial charge in [-0.1, -0.05) is 36.4 Å². The summed E-state index contributed by atoms with van der Waals surface area (Å²) >= 11 is 0. The second kappa shape index (κ2) is 6.41. The van der Waals surface area contributed by atoms with Crippen LogP contribution in [-0.2, 0) is 6.54 Å². The van der Waals surface area contributed by atoms with Crippen LogP contribution in [-0.4, -0.2) is 44.6 Å². The highest BCUT2D eigenvalue weighted by atomic mass is 16.3. The zero-order valence-electron chi connectivity index (χ0n) is 13.3. The number of anilines is 1. The van der Waals surface area contributed by atoms with Gasteiger partial charge in [0.25, 0.3) is 0 Å². The normalized spacial score (nSPS) is 14.9. The zero-order chi connectivity index (χ0) is 16.4. The van der Waals surface area contributed by atoms with Crippen LogP contribution < -0.4 is 4.90 Å². The summed E-state index contributed by atoms with van der Waals surface area (Å²) in [6.07, 6.45) is 6.62. The topological polar surface area (TPSA) is 67.1 Å². The molecule has 122 valence electrons. The average Bonchev–Trinajstić information content (AvgIpc) is 3.06. The molecule has 6 heteroatoms. The Bertz CT molecular complexity index is 872. The van der Waals surface area contributed by atoms with Gasteiger partial charge in [-0.05, 0) is 17.6 Å². The second-order valence-electron chi connectivity index (χ2n) is 5.82. The van der Waals surface area contributed by atoms with Gasteiger partial charge in [-0.2, -0.15) is 5.10 Å². The van der Waals surface area contributed by atoms with E-state index in [4.69, 9.17) is 5.11 Å². The van der Waals surface area contributed by atoms with Crippen molar-refractivity contribution in [2.24, 2.45) is 0 Å². The maximum absolute atomic E-state index is 9.13. The summed E-state index contributed by atoms with van der Waals surface area (Å²) in [7, 11) is 0. The molecule has 24 heavy (non-hydrogen) atoms. The Hall–Kier alpha value is -2.73. The molecule has 0 spiro atoms. The molecule has 1 aromatic carbocycles. The molecule has 3 heterocycles. The lowest BCUT2D eigenvalue weighted by Crippen LogP contribution is -2.29. The molecule has 0 saturated carbocycles. The molecular formula is C18H19N5O. The van der Waals surface area contributed by atoms with Crippen molar-refractivity contribution in [3.8, 4) is 0 Å². The zero-order valence-corrected chi connectivity index (χ0v) is 13.3. The SMILES string of the molecule is OCCn1ncc2c(N3CC=C(c4ccccc4)CC3)ncnc21. The van der Waals surface area contributed by atoms with Gasteiger partial charge in [-0.3, -0.25) is 0 Å². The summed E-state index contributed by atoms with van der Waals surface area (Å²) in [5.41, 5.74) is 3.45. The van der Waals surface area contributed by atoms with Gasteiger partial charge in [0.1, 0.15) is 12.1 Å². The fraction of sp³-hybridized carbons (Fsp3) is 0.278. The van der Waals surface area contributed by atoms with Crippen molar-refractivity contribution in [2.45, 2.75) is 13.0 Å². The first-order valence-electron chi connectivity index (χ1n) is 8.13. The van der Waals surface area contributed by atoms with E-state index < -0.39 is 0 Å². The minimum Gasteiger partial charge on any atom is -0.394 e. The largest absolute Gasteiger partial charge is 0.394 e. The fourth-order valence-electron chi connectivity index (χ4n) is 3.17. The third kappa shape index (κ3) is 2.65. The Labute approximate surface area is 140 Å². The molecule has 3 aromatic rings. The molecule has 0 aliphatic carbocycles. The van der Waals surface area contributed by atoms with Crippen molar-refractivity contribution in [3.63, 3.8) is 0 Å². The summed E-state index contributed by atoms with van der Waals surface area (Å²) in [6, 6.07) is 10.5. The molecule has 0 radical (unpaired) electrons. The standard InChI is InChI=1S/C18H19N5O/c24-11-10-23-18-16(12-21-23)17(19-13-20-18)22-8-6-15(7-9-22)14-4-2-1-3-5-14/h1-6,12-13,24H,7-11H2. The Morgan fingerprint density at radius 2 is 2.00 bits per heavy atom. The highest BCUT2D eigenvalue weighted by molar-refractivity contribution is 5.87. The van der Waals surface area contributed by atoms with E-state index in [-0.39, 0.29) is 6.61 Å². The number of aliphatic hydroxyl groups is 1. The van der Waals surface area contributed by atoms with E-state index in [2.05, 4.69) is 50.3 Å². The number of benzene rings is 1. The lowest BCUT2D eigenvalue weighted by atomic mass is 9.99. The molecule has 0 saturated heterocycles. The van der Waals surface area contributed by atoms with Crippen molar-refractivity contribution in [1.82, 2.24) is 19.7 Å². The van der Waals surface area contributed by atoms with Crippen LogP contribution in [0, 0.1) is 0 Å². The van der Waals surface area contributed by atoms with Gasteiger partial charge in [0.2, 0.25) is 0 Å². The van der Waals surface area contributed by atoms with Crippen LogP contribution in [0.25, 0.3) is 16.6 Å². The molecule has 1 N–H and O–H groups in total. The van der Waals surface area contributed by atoms with E-state index in [1.54, 1.807) is 17.2 Å². The molecule has 0 amide bonds. The van der Waals surface area contributed by atoms with Crippen LogP contribution >= 0.6 is 0 Å². The molecule has 0 atom stereocenters. The summed E-state index contributed by atoms with van der Waals surface area (Å²) in [5.74, 6) is 0.910. The van der Waals surface area contributed by atoms with Crippen molar-refractivity contribution in [1.29, 1.82) is 0 Å². The van der Waals surface area contributed by atoms with E-state index in [0.717, 1.165) is 36.4 Å². The molecule has 2 aromatic heterocycles. The number of nitrogens with zero attached hydrogens (tertiary/aromatic N) is 5. The van der Waals surface area contributed by atoms with E-state index in [1.165, 1.54) is 11.1 Å². The van der Waals surface area contributed by atoms with Gasteiger partial charge in [0.15, 0.2) is 5.65 Å². The van der Waals surface area contributed by atoms with Gasteiger partial charge in [0, 0.05) is 13.1 Å². The van der Waals surface area contributed by atoms with E-state index in [1.807, 2.05) is 6.07 Å². The molecule has 6 nitrogen and oxygen atoms in total. The first kappa shape index (κ1) is 14.8. The van der Waals surface area contributed by atoms with Gasteiger partial charge in [-0.15, -0.1) is 0 Å². The van der Waals surface area contributed by atoms with Crippen molar-refractivity contribution in [2.75, 3.05) is 24.6 Å². The van der Waals surface area contributed by atoms with Crippen LogP contribution in [0.4, 0.5) is 5.82 Å². The number of aromatic nitrogens is 4. The number of rotatable bonds is 4. The Morgan fingerprint density at radius 3 is 2.75 bits per heavy atom. The van der Waals surface area contributed by atoms with Gasteiger partial charge in [-0.25, -0.2) is 14.6 Å². The van der Waals surface area contributed by atoms with Crippen LogP contribution in [0.2, 0.25) is 0 Å². The number of hydrogen-bond donors (Lipinski definition) is 1. The van der Waals surface area contributed by atoms with Gasteiger partial charge in [0.05, 0.1) is 24.7 Å². The number of aliphatic hydroxyl groups excluding tert-OH is 1. The number of fused-ring (bicyclic) bond motifs is 1. The smallest absolute Gasteiger partial charge is 0.163 e. The first-order chi connectivity index (χ1) is 11.9. The number of hydrogen-bond acceptors (Lipinski definition) is 5. The molecule has 0 bridgehead atoms. The summed E-state index contributed by atoms with van der Waals surface area (Å²) in [4.78, 5) is 11.0. The van der Waals surface area contributed by atoms with E-state index in [0.29, 0.717) is 6.54 Å². The predicted molar refractivity (Wildman–Crippen MR) is 93.7 cm³/mol. The minimum atomic E-state index is 0.0446. The highest BCUT2D eigenvalue weighted by Gasteiger charge is 2.18. The summed E-state index contributed by atoms with van der Waals surface area (Å²) < 4.78 is 1.72. The molecule has 4 rings (SSSR count). The third-order valence-electron chi connectivity index (χ3n) is 4.38. The monoisotopic (exact) mass is 321 g/mol. The molecule has 1 aliphatic rings. The molecule has 1 aliphatic heterocycles. The quantitative estimate of drug-likeness (QED) is 0.797. The van der Waals surface area contributed by atoms with Gasteiger partial charge < -0.3 is 10.0 Å². The predicted octanol–water partition coefficient (Wildman–Crippen LogP) is 2.11. The highest BCUT2D eigenvalue weighted by Crippen LogP contribution is 2.28. The van der Waals surface area contributed by atoms with Crippen LogP contribution in [0.3, 0.4) is 0 Å². The summed E-state index contributed by atoms with van der Waals surface area (Å²) in [5, 5.41) is 14.4. The Morgan fingerprint density at radius 1 is 1.12 bits per heavy atom. The maximum Gasteiger partial charge on any atom is 0.163 e. The summed E-state index contributed by atoms with van der Waals surface area (Å²) in [6.45, 7) is 2.22. The molecule has 0 unspecified atom stereocenters. The van der Waals surface area contributed by atoms with Crippen molar-refractivity contribution in [3.05, 3.63) is 54.5 Å². The average molecular weight is 321 g/mol. The first-order valence-corrected chi connectivity index (χ1v) is 8.13. The Balaban J connectivity index is 1.62. The third-order valence-corrected chi connectivity index (χ3v) is 4.38. The minimum absolute atomic E-state index is 0.0446. The van der Waals surface area contributed by atoms with E-state index >= 15 is 0 Å². The van der Waals surface area contributed by atoms with Crippen LogP contribution in [0.15, 0.2) is 48.9 Å². The lowest BCUT2D eigenvalue weighted by molar-refractivity contribution is 0.271. The second-order valence-corrected chi connectivity index (χ2v) is 5.82. The maximum atomic E-state index is 9.13. The van der Waals surface area contributed by atoms with Crippen molar-refractivity contribution >= 4 is 22.4 Å².